The summed E-state index contributed by atoms with van der Waals surface area (Å²) >= 11 is 0. The molecule has 1 spiro atoms. The summed E-state index contributed by atoms with van der Waals surface area (Å²) in [6.07, 6.45) is 2.82. The Morgan fingerprint density at radius 3 is 2.73 bits per heavy atom. The predicted octanol–water partition coefficient (Wildman–Crippen LogP) is 2.39. The Morgan fingerprint density at radius 1 is 1.19 bits per heavy atom. The van der Waals surface area contributed by atoms with Crippen LogP contribution in [0.25, 0.3) is 0 Å². The minimum absolute atomic E-state index is 0.195. The summed E-state index contributed by atoms with van der Waals surface area (Å²) in [5.41, 5.74) is -0.299. The SMILES string of the molecule is O=C1OC2(CCN(C[C@H]3CCOC3)CC2)CN1CCOc1ccccc1. The van der Waals surface area contributed by atoms with Crippen LogP contribution in [-0.4, -0.2) is 74.0 Å². The Hall–Kier alpha value is -1.79. The second kappa shape index (κ2) is 7.84. The van der Waals surface area contributed by atoms with Crippen molar-refractivity contribution in [1.29, 1.82) is 0 Å². The molecule has 6 nitrogen and oxygen atoms in total. The zero-order valence-corrected chi connectivity index (χ0v) is 15.3. The first-order valence-corrected chi connectivity index (χ1v) is 9.68. The zero-order chi connectivity index (χ0) is 17.8. The van der Waals surface area contributed by atoms with E-state index in [1.165, 1.54) is 6.42 Å². The van der Waals surface area contributed by atoms with Crippen LogP contribution in [0.2, 0.25) is 0 Å². The Balaban J connectivity index is 1.22. The smallest absolute Gasteiger partial charge is 0.410 e. The van der Waals surface area contributed by atoms with E-state index in [2.05, 4.69) is 4.90 Å². The average Bonchev–Trinajstić information content (AvgIpc) is 3.27. The van der Waals surface area contributed by atoms with Crippen molar-refractivity contribution in [2.45, 2.75) is 24.9 Å². The number of hydrogen-bond donors (Lipinski definition) is 0. The van der Waals surface area contributed by atoms with Crippen molar-refractivity contribution in [3.8, 4) is 5.75 Å². The van der Waals surface area contributed by atoms with Crippen LogP contribution >= 0.6 is 0 Å². The molecule has 26 heavy (non-hydrogen) atoms. The van der Waals surface area contributed by atoms with Crippen LogP contribution in [0, 0.1) is 5.92 Å². The monoisotopic (exact) mass is 360 g/mol. The van der Waals surface area contributed by atoms with Crippen LogP contribution in [0.3, 0.4) is 0 Å². The average molecular weight is 360 g/mol. The van der Waals surface area contributed by atoms with E-state index in [0.29, 0.717) is 25.6 Å². The van der Waals surface area contributed by atoms with Gasteiger partial charge in [-0.15, -0.1) is 0 Å². The van der Waals surface area contributed by atoms with Crippen molar-refractivity contribution < 1.29 is 19.0 Å². The molecule has 0 N–H and O–H groups in total. The van der Waals surface area contributed by atoms with Crippen LogP contribution < -0.4 is 4.74 Å². The fraction of sp³-hybridized carbons (Fsp3) is 0.650. The number of carbonyl (C=O) groups is 1. The molecule has 1 amide bonds. The molecular formula is C20H28N2O4. The first kappa shape index (κ1) is 17.6. The van der Waals surface area contributed by atoms with Gasteiger partial charge in [0.1, 0.15) is 18.0 Å². The number of rotatable bonds is 6. The molecule has 0 unspecified atom stereocenters. The molecule has 3 saturated heterocycles. The molecule has 1 aromatic rings. The lowest BCUT2D eigenvalue weighted by Gasteiger charge is -2.38. The second-order valence-electron chi connectivity index (χ2n) is 7.66. The number of likely N-dealkylation sites (tertiary alicyclic amines) is 1. The van der Waals surface area contributed by atoms with Gasteiger partial charge in [0.15, 0.2) is 0 Å². The number of para-hydroxylation sites is 1. The van der Waals surface area contributed by atoms with E-state index in [-0.39, 0.29) is 11.7 Å². The Bertz CT molecular complexity index is 595. The van der Waals surface area contributed by atoms with Gasteiger partial charge in [-0.2, -0.15) is 0 Å². The number of carbonyl (C=O) groups excluding carboxylic acids is 1. The number of hydrogen-bond acceptors (Lipinski definition) is 5. The van der Waals surface area contributed by atoms with E-state index < -0.39 is 0 Å². The van der Waals surface area contributed by atoms with Gasteiger partial charge >= 0.3 is 6.09 Å². The molecule has 3 aliphatic rings. The number of piperidine rings is 1. The molecule has 0 saturated carbocycles. The first-order valence-electron chi connectivity index (χ1n) is 9.68. The van der Waals surface area contributed by atoms with Crippen molar-refractivity contribution in [3.05, 3.63) is 30.3 Å². The van der Waals surface area contributed by atoms with Crippen LogP contribution in [0.1, 0.15) is 19.3 Å². The van der Waals surface area contributed by atoms with Gasteiger partial charge in [0.25, 0.3) is 0 Å². The molecule has 142 valence electrons. The summed E-state index contributed by atoms with van der Waals surface area (Å²) in [5.74, 6) is 1.50. The molecule has 1 aromatic carbocycles. The van der Waals surface area contributed by atoms with Crippen molar-refractivity contribution in [2.24, 2.45) is 5.92 Å². The predicted molar refractivity (Wildman–Crippen MR) is 97.3 cm³/mol. The van der Waals surface area contributed by atoms with Crippen molar-refractivity contribution in [3.63, 3.8) is 0 Å². The van der Waals surface area contributed by atoms with Gasteiger partial charge < -0.3 is 24.0 Å². The number of amides is 1. The fourth-order valence-electron chi connectivity index (χ4n) is 4.15. The second-order valence-corrected chi connectivity index (χ2v) is 7.66. The molecular weight excluding hydrogens is 332 g/mol. The summed E-state index contributed by atoms with van der Waals surface area (Å²) in [7, 11) is 0. The summed E-state index contributed by atoms with van der Waals surface area (Å²) in [6.45, 7) is 6.65. The molecule has 0 aromatic heterocycles. The highest BCUT2D eigenvalue weighted by atomic mass is 16.6. The Labute approximate surface area is 155 Å². The quantitative estimate of drug-likeness (QED) is 0.780. The zero-order valence-electron chi connectivity index (χ0n) is 15.3. The minimum Gasteiger partial charge on any atom is -0.492 e. The maximum Gasteiger partial charge on any atom is 0.410 e. The van der Waals surface area contributed by atoms with Gasteiger partial charge in [-0.25, -0.2) is 4.79 Å². The van der Waals surface area contributed by atoms with Crippen molar-refractivity contribution >= 4 is 6.09 Å². The molecule has 3 aliphatic heterocycles. The van der Waals surface area contributed by atoms with Gasteiger partial charge in [0, 0.05) is 39.1 Å². The van der Waals surface area contributed by atoms with E-state index in [1.807, 2.05) is 30.3 Å². The molecule has 3 heterocycles. The highest BCUT2D eigenvalue weighted by Crippen LogP contribution is 2.33. The lowest BCUT2D eigenvalue weighted by molar-refractivity contribution is -0.00293. The maximum atomic E-state index is 12.3. The Kier molecular flexibility index (Phi) is 5.31. The molecule has 1 atom stereocenters. The van der Waals surface area contributed by atoms with Gasteiger partial charge in [0.2, 0.25) is 0 Å². The van der Waals surface area contributed by atoms with E-state index in [0.717, 1.165) is 51.4 Å². The molecule has 4 rings (SSSR count). The van der Waals surface area contributed by atoms with Crippen LogP contribution in [0.4, 0.5) is 4.79 Å². The van der Waals surface area contributed by atoms with Crippen molar-refractivity contribution in [2.75, 3.05) is 52.5 Å². The van der Waals surface area contributed by atoms with Gasteiger partial charge in [-0.05, 0) is 24.5 Å². The molecule has 6 heteroatoms. The number of ether oxygens (including phenoxy) is 3. The van der Waals surface area contributed by atoms with E-state index in [9.17, 15) is 4.79 Å². The number of benzene rings is 1. The third-order valence-electron chi connectivity index (χ3n) is 5.72. The topological polar surface area (TPSA) is 51.2 Å². The normalized spacial score (nSPS) is 25.6. The maximum absolute atomic E-state index is 12.3. The van der Waals surface area contributed by atoms with E-state index in [4.69, 9.17) is 14.2 Å². The lowest BCUT2D eigenvalue weighted by atomic mass is 9.90. The van der Waals surface area contributed by atoms with Gasteiger partial charge in [-0.1, -0.05) is 18.2 Å². The molecule has 3 fully saturated rings. The number of nitrogens with zero attached hydrogens (tertiary/aromatic N) is 2. The standard InChI is InChI=1S/C20H28N2O4/c23-19-22(11-13-25-18-4-2-1-3-5-18)16-20(26-19)7-9-21(10-8-20)14-17-6-12-24-15-17/h1-5,17H,6-16H2/t17-/m1/s1. The highest BCUT2D eigenvalue weighted by molar-refractivity contribution is 5.70. The fourth-order valence-corrected chi connectivity index (χ4v) is 4.15. The van der Waals surface area contributed by atoms with Gasteiger partial charge in [-0.3, -0.25) is 0 Å². The highest BCUT2D eigenvalue weighted by Gasteiger charge is 2.46. The molecule has 0 bridgehead atoms. The first-order chi connectivity index (χ1) is 12.7. The van der Waals surface area contributed by atoms with E-state index >= 15 is 0 Å². The van der Waals surface area contributed by atoms with E-state index in [1.54, 1.807) is 4.90 Å². The minimum atomic E-state index is -0.299. The molecule has 0 aliphatic carbocycles. The van der Waals surface area contributed by atoms with Crippen LogP contribution in [0.5, 0.6) is 5.75 Å². The third-order valence-corrected chi connectivity index (χ3v) is 5.72. The van der Waals surface area contributed by atoms with Gasteiger partial charge in [0.05, 0.1) is 19.7 Å². The van der Waals surface area contributed by atoms with Crippen LogP contribution in [-0.2, 0) is 9.47 Å². The van der Waals surface area contributed by atoms with Crippen LogP contribution in [0.15, 0.2) is 30.3 Å². The third kappa shape index (κ3) is 4.13. The summed E-state index contributed by atoms with van der Waals surface area (Å²) in [4.78, 5) is 16.6. The van der Waals surface area contributed by atoms with Crippen molar-refractivity contribution in [1.82, 2.24) is 9.80 Å². The summed E-state index contributed by atoms with van der Waals surface area (Å²) in [5, 5.41) is 0. The molecule has 0 radical (unpaired) electrons. The summed E-state index contributed by atoms with van der Waals surface area (Å²) in [6, 6.07) is 9.70. The lowest BCUT2D eigenvalue weighted by Crippen LogP contribution is -2.48. The summed E-state index contributed by atoms with van der Waals surface area (Å²) < 4.78 is 17.0. The largest absolute Gasteiger partial charge is 0.492 e. The Morgan fingerprint density at radius 2 is 2.00 bits per heavy atom.